The van der Waals surface area contributed by atoms with Gasteiger partial charge in [-0.05, 0) is 146 Å². The number of hydrogen-bond acceptors (Lipinski definition) is 5. The van der Waals surface area contributed by atoms with Crippen LogP contribution in [0.1, 0.15) is 119 Å². The molecule has 2 aromatic carbocycles. The third kappa shape index (κ3) is 8.45. The Hall–Kier alpha value is -2.52. The van der Waals surface area contributed by atoms with E-state index >= 15 is 0 Å². The van der Waals surface area contributed by atoms with Crippen LogP contribution in [0.4, 0.5) is 0 Å². The molecule has 0 radical (unpaired) electrons. The van der Waals surface area contributed by atoms with Gasteiger partial charge in [0.2, 0.25) is 11.8 Å². The van der Waals surface area contributed by atoms with Crippen LogP contribution in [-0.2, 0) is 14.0 Å². The number of benzene rings is 2. The van der Waals surface area contributed by atoms with Crippen molar-refractivity contribution in [3.8, 4) is 0 Å². The maximum atomic E-state index is 13.2. The van der Waals surface area contributed by atoms with Crippen LogP contribution in [0, 0.1) is 46.3 Å². The molecule has 7 rings (SSSR count). The van der Waals surface area contributed by atoms with E-state index in [0.29, 0.717) is 54.7 Å². The number of carbonyl (C=O) groups is 2. The van der Waals surface area contributed by atoms with Gasteiger partial charge in [-0.3, -0.25) is 9.59 Å². The molecule has 0 bridgehead atoms. The highest BCUT2D eigenvalue weighted by atomic mass is 28.4. The summed E-state index contributed by atoms with van der Waals surface area (Å²) in [6.07, 6.45) is 14.3. The summed E-state index contributed by atoms with van der Waals surface area (Å²) in [7, 11) is 1.43. The molecule has 2 aromatic rings. The zero-order valence-electron chi connectivity index (χ0n) is 36.7. The average molecular weight is 797 g/mol. The number of nitrogens with one attached hydrogen (secondary N) is 3. The summed E-state index contributed by atoms with van der Waals surface area (Å²) in [6, 6.07) is 22.3. The lowest BCUT2D eigenvalue weighted by Gasteiger charge is -2.62. The van der Waals surface area contributed by atoms with Gasteiger partial charge in [-0.1, -0.05) is 102 Å². The first-order chi connectivity index (χ1) is 27.2. The first-order valence-corrected chi connectivity index (χ1v) is 24.8. The number of amides is 2. The Kier molecular flexibility index (Phi) is 12.9. The van der Waals surface area contributed by atoms with Crippen LogP contribution in [0.25, 0.3) is 0 Å². The second kappa shape index (κ2) is 17.2. The van der Waals surface area contributed by atoms with Crippen molar-refractivity contribution >= 4 is 30.5 Å². The molecular weight excluding hydrogens is 721 g/mol. The molecule has 0 aromatic heterocycles. The molecule has 7 nitrogen and oxygen atoms in total. The number of hydrogen-bond donors (Lipinski definition) is 3. The Morgan fingerprint density at radius 3 is 2.18 bits per heavy atom. The molecule has 2 amide bonds. The van der Waals surface area contributed by atoms with Crippen LogP contribution in [0.15, 0.2) is 60.7 Å². The summed E-state index contributed by atoms with van der Waals surface area (Å²) in [5.74, 6) is 4.62. The molecule has 4 saturated carbocycles. The second-order valence-electron chi connectivity index (χ2n) is 21.1. The second-order valence-corrected chi connectivity index (χ2v) is 25.4. The topological polar surface area (TPSA) is 82.7 Å². The molecule has 0 spiro atoms. The maximum Gasteiger partial charge on any atom is 0.261 e. The van der Waals surface area contributed by atoms with Crippen molar-refractivity contribution in [2.45, 2.75) is 142 Å². The molecule has 1 aliphatic heterocycles. The van der Waals surface area contributed by atoms with Crippen molar-refractivity contribution in [2.75, 3.05) is 33.7 Å². The van der Waals surface area contributed by atoms with E-state index in [0.717, 1.165) is 36.6 Å². The van der Waals surface area contributed by atoms with Gasteiger partial charge in [0.1, 0.15) is 0 Å². The lowest BCUT2D eigenvalue weighted by atomic mass is 9.44. The Labute approximate surface area is 346 Å². The molecule has 5 unspecified atom stereocenters. The van der Waals surface area contributed by atoms with Gasteiger partial charge in [0.05, 0.1) is 6.04 Å². The highest BCUT2D eigenvalue weighted by Crippen LogP contribution is 2.68. The van der Waals surface area contributed by atoms with Gasteiger partial charge in [-0.2, -0.15) is 0 Å². The van der Waals surface area contributed by atoms with Gasteiger partial charge in [0.15, 0.2) is 0 Å². The number of likely N-dealkylation sites (N-methyl/N-ethyl adjacent to an activating group) is 1. The van der Waals surface area contributed by atoms with E-state index in [1.165, 1.54) is 68.2 Å². The van der Waals surface area contributed by atoms with E-state index in [4.69, 9.17) is 4.43 Å². The van der Waals surface area contributed by atoms with Crippen LogP contribution in [0.5, 0.6) is 0 Å². The molecule has 57 heavy (non-hydrogen) atoms. The maximum absolute atomic E-state index is 13.2. The van der Waals surface area contributed by atoms with Gasteiger partial charge >= 0.3 is 0 Å². The van der Waals surface area contributed by atoms with E-state index < -0.39 is 8.32 Å². The zero-order valence-corrected chi connectivity index (χ0v) is 37.7. The van der Waals surface area contributed by atoms with Crippen LogP contribution < -0.4 is 26.3 Å². The lowest BCUT2D eigenvalue weighted by Crippen LogP contribution is -2.68. The molecule has 5 aliphatic rings. The summed E-state index contributed by atoms with van der Waals surface area (Å²) < 4.78 is 7.77. The first kappa shape index (κ1) is 42.6. The van der Waals surface area contributed by atoms with E-state index in [-0.39, 0.29) is 28.9 Å². The van der Waals surface area contributed by atoms with Gasteiger partial charge in [0, 0.05) is 38.2 Å². The Morgan fingerprint density at radius 2 is 1.53 bits per heavy atom. The summed E-state index contributed by atoms with van der Waals surface area (Å²) in [6.45, 7) is 17.2. The Balaban J connectivity index is 0.948. The van der Waals surface area contributed by atoms with E-state index in [9.17, 15) is 9.59 Å². The van der Waals surface area contributed by atoms with Crippen molar-refractivity contribution < 1.29 is 14.0 Å². The number of nitrogens with zero attached hydrogens (tertiary/aromatic N) is 1. The molecule has 4 aliphatic carbocycles. The van der Waals surface area contributed by atoms with Crippen LogP contribution in [0.3, 0.4) is 0 Å². The Morgan fingerprint density at radius 1 is 0.877 bits per heavy atom. The summed E-state index contributed by atoms with van der Waals surface area (Å²) >= 11 is 0. The summed E-state index contributed by atoms with van der Waals surface area (Å²) in [5.41, 5.74) is 0.782. The van der Waals surface area contributed by atoms with Crippen LogP contribution in [0.2, 0.25) is 5.04 Å². The monoisotopic (exact) mass is 797 g/mol. The predicted octanol–water partition coefficient (Wildman–Crippen LogP) is 7.53. The largest absolute Gasteiger partial charge is 0.404 e. The first-order valence-electron chi connectivity index (χ1n) is 22.9. The van der Waals surface area contributed by atoms with Gasteiger partial charge in [-0.25, -0.2) is 0 Å². The number of fused-ring (bicyclic) bond motifs is 5. The van der Waals surface area contributed by atoms with Gasteiger partial charge in [-0.15, -0.1) is 0 Å². The third-order valence-corrected chi connectivity index (χ3v) is 21.7. The molecule has 5 fully saturated rings. The molecule has 314 valence electrons. The fraction of sp³-hybridized carbons (Fsp3) is 0.714. The van der Waals surface area contributed by atoms with E-state index in [1.807, 2.05) is 14.1 Å². The Bertz CT molecular complexity index is 1630. The predicted molar refractivity (Wildman–Crippen MR) is 236 cm³/mol. The molecule has 11 atom stereocenters. The highest BCUT2D eigenvalue weighted by molar-refractivity contribution is 6.99. The number of carbonyl (C=O) groups excluding carboxylic acids is 2. The fourth-order valence-electron chi connectivity index (χ4n) is 13.7. The minimum atomic E-state index is -2.58. The van der Waals surface area contributed by atoms with Crippen molar-refractivity contribution in [1.29, 1.82) is 0 Å². The minimum absolute atomic E-state index is 0.00383. The van der Waals surface area contributed by atoms with E-state index in [2.05, 4.69) is 123 Å². The molecule has 1 saturated heterocycles. The van der Waals surface area contributed by atoms with Crippen molar-refractivity contribution in [2.24, 2.45) is 46.3 Å². The standard InChI is InChI=1S/C49H76N4O3Si/c1-34(19-24-45(54)52-36-32-44(51-33-36)46(55)50-29-30-53(7)8)41-22-23-42-40-21-20-35-31-37(25-27-48(35,5)43(40)26-28-49(41,42)6)56-57(47(2,3)4,38-15-11-9-12-16-38)39-17-13-10-14-18-39/h9-18,34-37,40-44,51H,19-33H2,1-8H3,(H,50,55)(H,52,54)/t34-,35?,36?,37+,40?,41-,42?,43?,44+,48+,49-/m1/s1. The molecule has 3 N–H and O–H groups in total. The van der Waals surface area contributed by atoms with Crippen molar-refractivity contribution in [3.05, 3.63) is 60.7 Å². The molecule has 8 heteroatoms. The van der Waals surface area contributed by atoms with Crippen LogP contribution in [-0.4, -0.2) is 76.9 Å². The van der Waals surface area contributed by atoms with Gasteiger partial charge < -0.3 is 25.3 Å². The quantitative estimate of drug-likeness (QED) is 0.183. The third-order valence-electron chi connectivity index (χ3n) is 16.6. The summed E-state index contributed by atoms with van der Waals surface area (Å²) in [4.78, 5) is 27.9. The SMILES string of the molecule is C[C@H](CCC(=O)NC1CN[C@H](C(=O)NCCN(C)C)C1)[C@H]1CCC2C3CCC4C[C@@H](O[Si](c5ccccc5)(c5ccccc5)C(C)(C)C)CC[C@]4(C)C3CC[C@@]21C. The smallest absolute Gasteiger partial charge is 0.261 e. The minimum Gasteiger partial charge on any atom is -0.404 e. The van der Waals surface area contributed by atoms with Gasteiger partial charge in [0.25, 0.3) is 8.32 Å². The summed E-state index contributed by atoms with van der Waals surface area (Å²) in [5, 5.41) is 12.4. The lowest BCUT2D eigenvalue weighted by molar-refractivity contribution is -0.128. The fourth-order valence-corrected chi connectivity index (χ4v) is 18.4. The number of rotatable bonds is 13. The average Bonchev–Trinajstić information content (AvgIpc) is 3.80. The van der Waals surface area contributed by atoms with Crippen LogP contribution >= 0.6 is 0 Å². The highest BCUT2D eigenvalue weighted by Gasteiger charge is 2.61. The van der Waals surface area contributed by atoms with E-state index in [1.54, 1.807) is 0 Å². The van der Waals surface area contributed by atoms with Crippen molar-refractivity contribution in [1.82, 2.24) is 20.9 Å². The normalized spacial score (nSPS) is 34.5. The zero-order chi connectivity index (χ0) is 40.6. The molecular formula is C49H76N4O3Si. The van der Waals surface area contributed by atoms with Crippen molar-refractivity contribution in [3.63, 3.8) is 0 Å². The molecule has 1 heterocycles.